The normalized spacial score (nSPS) is 11.8. The second kappa shape index (κ2) is 10.4. The molecule has 0 heterocycles. The first-order valence-corrected chi connectivity index (χ1v) is 9.10. The zero-order valence-electron chi connectivity index (χ0n) is 17.4. The van der Waals surface area contributed by atoms with Crippen molar-refractivity contribution in [3.05, 3.63) is 53.6 Å². The number of aliphatic hydroxyl groups excluding tert-OH is 1. The summed E-state index contributed by atoms with van der Waals surface area (Å²) in [6, 6.07) is 11.0. The predicted octanol–water partition coefficient (Wildman–Crippen LogP) is 2.64. The van der Waals surface area contributed by atoms with E-state index in [4.69, 9.17) is 14.2 Å². The van der Waals surface area contributed by atoms with E-state index in [1.807, 2.05) is 43.3 Å². The van der Waals surface area contributed by atoms with E-state index in [1.165, 1.54) is 27.4 Å². The number of nitrogens with zero attached hydrogens (tertiary/aromatic N) is 1. The molecule has 2 aromatic carbocycles. The third kappa shape index (κ3) is 5.89. The zero-order chi connectivity index (χ0) is 21.4. The molecule has 29 heavy (non-hydrogen) atoms. The number of benzene rings is 2. The van der Waals surface area contributed by atoms with Crippen molar-refractivity contribution < 1.29 is 24.1 Å². The zero-order valence-corrected chi connectivity index (χ0v) is 17.4. The first-order valence-electron chi connectivity index (χ1n) is 9.10. The van der Waals surface area contributed by atoms with Gasteiger partial charge in [0.15, 0.2) is 11.5 Å². The molecule has 1 unspecified atom stereocenters. The van der Waals surface area contributed by atoms with Gasteiger partial charge in [0.1, 0.15) is 0 Å². The molecule has 1 amide bonds. The highest BCUT2D eigenvalue weighted by Crippen LogP contribution is 2.38. The van der Waals surface area contributed by atoms with Gasteiger partial charge < -0.3 is 29.5 Å². The first-order chi connectivity index (χ1) is 13.9. The van der Waals surface area contributed by atoms with Gasteiger partial charge in [-0.1, -0.05) is 12.1 Å². The molecule has 0 aromatic heterocycles. The number of carbonyl (C=O) groups excluding carboxylic acids is 1. The van der Waals surface area contributed by atoms with Crippen LogP contribution in [0.15, 0.2) is 42.5 Å². The molecule has 0 aliphatic heterocycles. The van der Waals surface area contributed by atoms with E-state index in [2.05, 4.69) is 5.32 Å². The van der Waals surface area contributed by atoms with Crippen molar-refractivity contribution in [3.8, 4) is 17.2 Å². The summed E-state index contributed by atoms with van der Waals surface area (Å²) in [5, 5.41) is 13.0. The van der Waals surface area contributed by atoms with Gasteiger partial charge in [-0.2, -0.15) is 0 Å². The molecule has 2 rings (SSSR count). The summed E-state index contributed by atoms with van der Waals surface area (Å²) < 4.78 is 15.9. The van der Waals surface area contributed by atoms with Crippen molar-refractivity contribution in [1.29, 1.82) is 0 Å². The van der Waals surface area contributed by atoms with Gasteiger partial charge in [-0.15, -0.1) is 0 Å². The highest BCUT2D eigenvalue weighted by Gasteiger charge is 2.12. The number of amides is 1. The fourth-order valence-electron chi connectivity index (χ4n) is 2.74. The third-order valence-corrected chi connectivity index (χ3v) is 4.38. The molecular formula is C22H28N2O5. The van der Waals surface area contributed by atoms with E-state index < -0.39 is 6.10 Å². The Hall–Kier alpha value is -3.19. The Morgan fingerprint density at radius 3 is 2.14 bits per heavy atom. The van der Waals surface area contributed by atoms with Crippen LogP contribution in [0.4, 0.5) is 5.69 Å². The quantitative estimate of drug-likeness (QED) is 0.630. The maximum absolute atomic E-state index is 12.1. The van der Waals surface area contributed by atoms with Gasteiger partial charge in [0.25, 0.3) is 0 Å². The minimum atomic E-state index is -0.787. The Morgan fingerprint density at radius 1 is 1.07 bits per heavy atom. The lowest BCUT2D eigenvalue weighted by molar-refractivity contribution is -0.116. The first kappa shape index (κ1) is 22.1. The summed E-state index contributed by atoms with van der Waals surface area (Å²) in [4.78, 5) is 14.1. The van der Waals surface area contributed by atoms with Crippen LogP contribution in [0.5, 0.6) is 17.2 Å². The van der Waals surface area contributed by atoms with Crippen LogP contribution in [0.1, 0.15) is 17.2 Å². The Balaban J connectivity index is 1.99. The lowest BCUT2D eigenvalue weighted by Crippen LogP contribution is -2.26. The third-order valence-electron chi connectivity index (χ3n) is 4.38. The van der Waals surface area contributed by atoms with E-state index in [0.717, 1.165) is 16.8 Å². The number of carbonyl (C=O) groups is 1. The molecule has 0 saturated heterocycles. The highest BCUT2D eigenvalue weighted by molar-refractivity contribution is 5.91. The second-order valence-electron chi connectivity index (χ2n) is 6.54. The Bertz CT molecular complexity index is 822. The Kier molecular flexibility index (Phi) is 7.91. The van der Waals surface area contributed by atoms with Crippen LogP contribution in [-0.4, -0.2) is 53.0 Å². The maximum atomic E-state index is 12.1. The van der Waals surface area contributed by atoms with E-state index in [9.17, 15) is 9.90 Å². The summed E-state index contributed by atoms with van der Waals surface area (Å²) in [5.41, 5.74) is 2.50. The molecule has 0 aliphatic rings. The topological polar surface area (TPSA) is 80.3 Å². The average Bonchev–Trinajstić information content (AvgIpc) is 2.74. The fraction of sp³-hybridized carbons (Fsp3) is 0.318. The van der Waals surface area contributed by atoms with Crippen molar-refractivity contribution in [2.24, 2.45) is 0 Å². The molecule has 2 N–H and O–H groups in total. The number of rotatable bonds is 9. The van der Waals surface area contributed by atoms with Crippen molar-refractivity contribution in [2.75, 3.05) is 46.9 Å². The fourth-order valence-corrected chi connectivity index (χ4v) is 2.74. The molecule has 0 saturated carbocycles. The average molecular weight is 400 g/mol. The molecule has 0 fully saturated rings. The van der Waals surface area contributed by atoms with E-state index in [1.54, 1.807) is 18.2 Å². The van der Waals surface area contributed by atoms with Crippen LogP contribution in [-0.2, 0) is 4.79 Å². The number of methoxy groups -OCH3 is 3. The monoisotopic (exact) mass is 400 g/mol. The van der Waals surface area contributed by atoms with E-state index in [-0.39, 0.29) is 12.5 Å². The molecule has 7 heteroatoms. The number of ether oxygens (including phenoxy) is 3. The van der Waals surface area contributed by atoms with Crippen LogP contribution in [0.3, 0.4) is 0 Å². The number of hydrogen-bond donors (Lipinski definition) is 2. The minimum Gasteiger partial charge on any atom is -0.493 e. The summed E-state index contributed by atoms with van der Waals surface area (Å²) in [5.74, 6) is 1.18. The lowest BCUT2D eigenvalue weighted by Gasteiger charge is -2.15. The SMILES string of the molecule is COc1cc(/C=C/C(=O)NCC(O)c2ccc(N(C)C)cc2)cc(OC)c1OC. The van der Waals surface area contributed by atoms with Crippen molar-refractivity contribution >= 4 is 17.7 Å². The smallest absolute Gasteiger partial charge is 0.244 e. The van der Waals surface area contributed by atoms with E-state index in [0.29, 0.717) is 17.2 Å². The molecule has 2 aromatic rings. The molecule has 0 bridgehead atoms. The molecule has 0 radical (unpaired) electrons. The molecular weight excluding hydrogens is 372 g/mol. The molecule has 1 atom stereocenters. The van der Waals surface area contributed by atoms with Crippen molar-refractivity contribution in [2.45, 2.75) is 6.10 Å². The number of nitrogens with one attached hydrogen (secondary N) is 1. The largest absolute Gasteiger partial charge is 0.493 e. The number of aliphatic hydroxyl groups is 1. The van der Waals surface area contributed by atoms with Gasteiger partial charge in [-0.05, 0) is 41.5 Å². The molecule has 7 nitrogen and oxygen atoms in total. The number of anilines is 1. The van der Waals surface area contributed by atoms with Gasteiger partial charge in [-0.3, -0.25) is 4.79 Å². The standard InChI is InChI=1S/C22H28N2O5/c1-24(2)17-9-7-16(8-10-17)18(25)14-23-21(26)11-6-15-12-19(27-3)22(29-5)20(13-15)28-4/h6-13,18,25H,14H2,1-5H3,(H,23,26)/b11-6+. The van der Waals surface area contributed by atoms with Crippen LogP contribution < -0.4 is 24.4 Å². The van der Waals surface area contributed by atoms with E-state index >= 15 is 0 Å². The summed E-state index contributed by atoms with van der Waals surface area (Å²) in [7, 11) is 8.49. The van der Waals surface area contributed by atoms with Gasteiger partial charge in [-0.25, -0.2) is 0 Å². The van der Waals surface area contributed by atoms with Crippen LogP contribution >= 0.6 is 0 Å². The van der Waals surface area contributed by atoms with Crippen LogP contribution in [0.25, 0.3) is 6.08 Å². The predicted molar refractivity (Wildman–Crippen MR) is 114 cm³/mol. The molecule has 156 valence electrons. The number of hydrogen-bond acceptors (Lipinski definition) is 6. The van der Waals surface area contributed by atoms with Crippen molar-refractivity contribution in [1.82, 2.24) is 5.32 Å². The lowest BCUT2D eigenvalue weighted by atomic mass is 10.1. The van der Waals surface area contributed by atoms with Crippen LogP contribution in [0.2, 0.25) is 0 Å². The summed E-state index contributed by atoms with van der Waals surface area (Å²) >= 11 is 0. The van der Waals surface area contributed by atoms with Gasteiger partial charge in [0.05, 0.1) is 27.4 Å². The minimum absolute atomic E-state index is 0.111. The van der Waals surface area contributed by atoms with Crippen LogP contribution in [0, 0.1) is 0 Å². The summed E-state index contributed by atoms with van der Waals surface area (Å²) in [6.07, 6.45) is 2.24. The van der Waals surface area contributed by atoms with Gasteiger partial charge >= 0.3 is 0 Å². The molecule has 0 spiro atoms. The second-order valence-corrected chi connectivity index (χ2v) is 6.54. The van der Waals surface area contributed by atoms with Crippen molar-refractivity contribution in [3.63, 3.8) is 0 Å². The highest BCUT2D eigenvalue weighted by atomic mass is 16.5. The summed E-state index contributed by atoms with van der Waals surface area (Å²) in [6.45, 7) is 0.111. The maximum Gasteiger partial charge on any atom is 0.244 e. The van der Waals surface area contributed by atoms with Gasteiger partial charge in [0, 0.05) is 32.4 Å². The Labute approximate surface area is 171 Å². The Morgan fingerprint density at radius 2 is 1.66 bits per heavy atom. The van der Waals surface area contributed by atoms with Gasteiger partial charge in [0.2, 0.25) is 11.7 Å². The molecule has 0 aliphatic carbocycles.